The van der Waals surface area contributed by atoms with Crippen molar-refractivity contribution in [1.82, 2.24) is 0 Å². The smallest absolute Gasteiger partial charge is 0.348 e. The van der Waals surface area contributed by atoms with Gasteiger partial charge in [-0.2, -0.15) is 0 Å². The topological polar surface area (TPSA) is 46.5 Å². The molecule has 0 saturated carbocycles. The fraction of sp³-hybridized carbons (Fsp3) is 0.300. The second-order valence-electron chi connectivity index (χ2n) is 3.57. The molecule has 1 unspecified atom stereocenters. The first-order chi connectivity index (χ1) is 6.51. The summed E-state index contributed by atoms with van der Waals surface area (Å²) in [7, 11) is 0. The number of ether oxygens (including phenoxy) is 1. The molecule has 1 atom stereocenters. The first-order valence-electron chi connectivity index (χ1n) is 4.22. The maximum Gasteiger partial charge on any atom is 0.348 e. The Balaban J connectivity index is 2.39. The maximum atomic E-state index is 12.8. The highest BCUT2D eigenvalue weighted by molar-refractivity contribution is 5.79. The van der Waals surface area contributed by atoms with E-state index in [1.165, 1.54) is 19.1 Å². The Morgan fingerprint density at radius 2 is 2.36 bits per heavy atom. The summed E-state index contributed by atoms with van der Waals surface area (Å²) in [6.45, 7) is 1.48. The van der Waals surface area contributed by atoms with E-state index < -0.39 is 17.4 Å². The summed E-state index contributed by atoms with van der Waals surface area (Å²) in [6.07, 6.45) is 0.276. The molecule has 0 bridgehead atoms. The number of benzene rings is 1. The van der Waals surface area contributed by atoms with Crippen molar-refractivity contribution >= 4 is 5.97 Å². The predicted octanol–water partition coefficient (Wildman–Crippen LogP) is 1.60. The lowest BCUT2D eigenvalue weighted by Gasteiger charge is -2.17. The summed E-state index contributed by atoms with van der Waals surface area (Å²) in [4.78, 5) is 10.9. The van der Waals surface area contributed by atoms with Crippen LogP contribution in [0.15, 0.2) is 18.2 Å². The number of halogens is 1. The van der Waals surface area contributed by atoms with Crippen LogP contribution in [-0.2, 0) is 11.2 Å². The molecular formula is C10H9FO3. The Kier molecular flexibility index (Phi) is 1.74. The highest BCUT2D eigenvalue weighted by Crippen LogP contribution is 2.35. The molecule has 1 aliphatic rings. The highest BCUT2D eigenvalue weighted by atomic mass is 19.1. The number of aliphatic carboxylic acids is 1. The molecule has 0 radical (unpaired) electrons. The minimum absolute atomic E-state index is 0.276. The average molecular weight is 196 g/mol. The molecule has 14 heavy (non-hydrogen) atoms. The molecule has 74 valence electrons. The summed E-state index contributed by atoms with van der Waals surface area (Å²) < 4.78 is 18.0. The lowest BCUT2D eigenvalue weighted by Crippen LogP contribution is -2.39. The largest absolute Gasteiger partial charge is 0.478 e. The van der Waals surface area contributed by atoms with Crippen LogP contribution < -0.4 is 4.74 Å². The van der Waals surface area contributed by atoms with Crippen molar-refractivity contribution in [3.05, 3.63) is 29.6 Å². The molecular weight excluding hydrogens is 187 g/mol. The number of fused-ring (bicyclic) bond motifs is 1. The van der Waals surface area contributed by atoms with Gasteiger partial charge in [0.15, 0.2) is 0 Å². The Labute approximate surface area is 80.1 Å². The molecule has 0 saturated heterocycles. The minimum Gasteiger partial charge on any atom is -0.478 e. The van der Waals surface area contributed by atoms with Crippen molar-refractivity contribution in [2.45, 2.75) is 18.9 Å². The van der Waals surface area contributed by atoms with Gasteiger partial charge in [0.2, 0.25) is 5.60 Å². The van der Waals surface area contributed by atoms with Gasteiger partial charge in [0.25, 0.3) is 0 Å². The van der Waals surface area contributed by atoms with Gasteiger partial charge in [-0.3, -0.25) is 0 Å². The first kappa shape index (κ1) is 8.99. The van der Waals surface area contributed by atoms with Gasteiger partial charge in [0.05, 0.1) is 0 Å². The molecule has 3 nitrogen and oxygen atoms in total. The molecule has 1 heterocycles. The van der Waals surface area contributed by atoms with Gasteiger partial charge < -0.3 is 9.84 Å². The number of carboxylic acid groups (broad SMARTS) is 1. The molecule has 1 aliphatic heterocycles. The molecule has 4 heteroatoms. The van der Waals surface area contributed by atoms with Gasteiger partial charge in [0.1, 0.15) is 11.6 Å². The highest BCUT2D eigenvalue weighted by Gasteiger charge is 2.41. The maximum absolute atomic E-state index is 12.8. The van der Waals surface area contributed by atoms with Crippen molar-refractivity contribution < 1.29 is 19.0 Å². The molecule has 0 amide bonds. The van der Waals surface area contributed by atoms with Crippen molar-refractivity contribution in [3.8, 4) is 5.75 Å². The van der Waals surface area contributed by atoms with Crippen LogP contribution in [0.5, 0.6) is 5.75 Å². The van der Waals surface area contributed by atoms with E-state index in [9.17, 15) is 9.18 Å². The zero-order valence-corrected chi connectivity index (χ0v) is 7.58. The first-order valence-corrected chi connectivity index (χ1v) is 4.22. The second kappa shape index (κ2) is 2.70. The third kappa shape index (κ3) is 1.23. The van der Waals surface area contributed by atoms with E-state index in [1.807, 2.05) is 0 Å². The van der Waals surface area contributed by atoms with Crippen molar-refractivity contribution in [1.29, 1.82) is 0 Å². The summed E-state index contributed by atoms with van der Waals surface area (Å²) in [5.74, 6) is -1.12. The van der Waals surface area contributed by atoms with Gasteiger partial charge in [-0.1, -0.05) is 6.07 Å². The Hall–Kier alpha value is -1.58. The summed E-state index contributed by atoms with van der Waals surface area (Å²) >= 11 is 0. The summed E-state index contributed by atoms with van der Waals surface area (Å²) in [6, 6.07) is 4.07. The van der Waals surface area contributed by atoms with E-state index >= 15 is 0 Å². The second-order valence-corrected chi connectivity index (χ2v) is 3.57. The van der Waals surface area contributed by atoms with Crippen LogP contribution >= 0.6 is 0 Å². The monoisotopic (exact) mass is 196 g/mol. The lowest BCUT2D eigenvalue weighted by molar-refractivity contribution is -0.152. The number of carboxylic acids is 1. The van der Waals surface area contributed by atoms with Crippen LogP contribution in [0.25, 0.3) is 0 Å². The van der Waals surface area contributed by atoms with E-state index in [2.05, 4.69) is 0 Å². The molecule has 1 aromatic carbocycles. The molecule has 0 aromatic heterocycles. The van der Waals surface area contributed by atoms with Crippen molar-refractivity contribution in [2.24, 2.45) is 0 Å². The third-order valence-corrected chi connectivity index (χ3v) is 2.34. The van der Waals surface area contributed by atoms with Crippen molar-refractivity contribution in [3.63, 3.8) is 0 Å². The number of hydrogen-bond donors (Lipinski definition) is 1. The molecule has 0 fully saturated rings. The van der Waals surface area contributed by atoms with Gasteiger partial charge in [-0.15, -0.1) is 0 Å². The van der Waals surface area contributed by atoms with Gasteiger partial charge in [-0.05, 0) is 18.6 Å². The van der Waals surface area contributed by atoms with E-state index in [-0.39, 0.29) is 6.42 Å². The fourth-order valence-corrected chi connectivity index (χ4v) is 1.53. The van der Waals surface area contributed by atoms with Crippen LogP contribution in [0, 0.1) is 5.82 Å². The third-order valence-electron chi connectivity index (χ3n) is 2.34. The van der Waals surface area contributed by atoms with Crippen LogP contribution in [0.3, 0.4) is 0 Å². The predicted molar refractivity (Wildman–Crippen MR) is 46.8 cm³/mol. The number of rotatable bonds is 1. The zero-order chi connectivity index (χ0) is 10.3. The Bertz CT molecular complexity index is 402. The zero-order valence-electron chi connectivity index (χ0n) is 7.58. The van der Waals surface area contributed by atoms with Crippen molar-refractivity contribution in [2.75, 3.05) is 0 Å². The normalized spacial score (nSPS) is 24.1. The van der Waals surface area contributed by atoms with Crippen LogP contribution in [0.4, 0.5) is 4.39 Å². The summed E-state index contributed by atoms with van der Waals surface area (Å²) in [5, 5.41) is 8.90. The SMILES string of the molecule is CC1(C(=O)O)Cc2ccc(F)cc2O1. The standard InChI is InChI=1S/C10H9FO3/c1-10(9(12)13)5-6-2-3-7(11)4-8(6)14-10/h2-4H,5H2,1H3,(H,12,13). The number of carbonyl (C=O) groups is 1. The Morgan fingerprint density at radius 1 is 1.64 bits per heavy atom. The Morgan fingerprint density at radius 3 is 3.00 bits per heavy atom. The van der Waals surface area contributed by atoms with Gasteiger partial charge in [0, 0.05) is 12.5 Å². The molecule has 0 aliphatic carbocycles. The van der Waals surface area contributed by atoms with Crippen LogP contribution in [0.1, 0.15) is 12.5 Å². The summed E-state index contributed by atoms with van der Waals surface area (Å²) in [5.41, 5.74) is -0.521. The molecule has 0 spiro atoms. The fourth-order valence-electron chi connectivity index (χ4n) is 1.53. The molecule has 1 N–H and O–H groups in total. The van der Waals surface area contributed by atoms with Gasteiger partial charge in [-0.25, -0.2) is 9.18 Å². The van der Waals surface area contributed by atoms with E-state index in [0.29, 0.717) is 5.75 Å². The minimum atomic E-state index is -1.25. The number of hydrogen-bond acceptors (Lipinski definition) is 2. The average Bonchev–Trinajstić information content (AvgIpc) is 2.42. The van der Waals surface area contributed by atoms with E-state index in [4.69, 9.17) is 9.84 Å². The van der Waals surface area contributed by atoms with Crippen LogP contribution in [0.2, 0.25) is 0 Å². The molecule has 1 aromatic rings. The molecule has 2 rings (SSSR count). The van der Waals surface area contributed by atoms with Crippen LogP contribution in [-0.4, -0.2) is 16.7 Å². The lowest BCUT2D eigenvalue weighted by atomic mass is 10.00. The van der Waals surface area contributed by atoms with Gasteiger partial charge >= 0.3 is 5.97 Å². The quantitative estimate of drug-likeness (QED) is 0.742. The van der Waals surface area contributed by atoms with E-state index in [0.717, 1.165) is 5.56 Å². The van der Waals surface area contributed by atoms with E-state index in [1.54, 1.807) is 6.07 Å².